The molecule has 0 spiro atoms. The number of ketones is 2. The second-order valence-corrected chi connectivity index (χ2v) is 4.24. The van der Waals surface area contributed by atoms with E-state index in [1.54, 1.807) is 0 Å². The van der Waals surface area contributed by atoms with E-state index in [4.69, 9.17) is 0 Å². The molecule has 2 aliphatic rings. The van der Waals surface area contributed by atoms with E-state index in [9.17, 15) is 9.59 Å². The summed E-state index contributed by atoms with van der Waals surface area (Å²) in [4.78, 5) is 23.4. The second kappa shape index (κ2) is 2.98. The summed E-state index contributed by atoms with van der Waals surface area (Å²) in [6.45, 7) is 0. The van der Waals surface area contributed by atoms with Crippen molar-refractivity contribution in [2.24, 2.45) is 11.8 Å². The Labute approximate surface area is 85.8 Å². The number of rotatable bonds is 4. The minimum Gasteiger partial charge on any atom is -0.292 e. The van der Waals surface area contributed by atoms with Gasteiger partial charge in [-0.05, 0) is 36.0 Å². The number of carbonyl (C=O) groups excluding carboxylic acids is 2. The maximum atomic E-state index is 11.7. The standard InChI is InChI=1S/C10H10N2O3/c13-9(5-1-2-5)7-8(12-15-11-7)10(14)6-3-4-6/h5-6H,1-4H2. The number of aromatic nitrogens is 2. The maximum absolute atomic E-state index is 11.7. The highest BCUT2D eigenvalue weighted by atomic mass is 16.6. The van der Waals surface area contributed by atoms with E-state index in [2.05, 4.69) is 14.9 Å². The van der Waals surface area contributed by atoms with E-state index < -0.39 is 0 Å². The highest BCUT2D eigenvalue weighted by Gasteiger charge is 2.39. The van der Waals surface area contributed by atoms with Crippen LogP contribution in [0.5, 0.6) is 0 Å². The first-order chi connectivity index (χ1) is 7.27. The fraction of sp³-hybridized carbons (Fsp3) is 0.600. The molecule has 0 unspecified atom stereocenters. The van der Waals surface area contributed by atoms with Crippen LogP contribution in [0.4, 0.5) is 0 Å². The molecule has 15 heavy (non-hydrogen) atoms. The van der Waals surface area contributed by atoms with Crippen LogP contribution in [-0.2, 0) is 0 Å². The van der Waals surface area contributed by atoms with Gasteiger partial charge in [-0.15, -0.1) is 0 Å². The highest BCUT2D eigenvalue weighted by Crippen LogP contribution is 2.35. The maximum Gasteiger partial charge on any atom is 0.190 e. The number of hydrogen-bond acceptors (Lipinski definition) is 5. The van der Waals surface area contributed by atoms with Crippen molar-refractivity contribution in [1.29, 1.82) is 0 Å². The first-order valence-corrected chi connectivity index (χ1v) is 5.18. The Morgan fingerprint density at radius 1 is 0.933 bits per heavy atom. The molecule has 78 valence electrons. The fourth-order valence-corrected chi connectivity index (χ4v) is 1.59. The lowest BCUT2D eigenvalue weighted by molar-refractivity contribution is 0.0929. The van der Waals surface area contributed by atoms with Gasteiger partial charge < -0.3 is 0 Å². The molecule has 5 nitrogen and oxygen atoms in total. The van der Waals surface area contributed by atoms with Crippen molar-refractivity contribution in [3.05, 3.63) is 11.4 Å². The van der Waals surface area contributed by atoms with Crippen molar-refractivity contribution in [2.45, 2.75) is 25.7 Å². The van der Waals surface area contributed by atoms with Gasteiger partial charge in [0.25, 0.3) is 0 Å². The van der Waals surface area contributed by atoms with Gasteiger partial charge >= 0.3 is 0 Å². The third-order valence-electron chi connectivity index (χ3n) is 2.85. The molecule has 0 atom stereocenters. The second-order valence-electron chi connectivity index (χ2n) is 4.24. The van der Waals surface area contributed by atoms with Gasteiger partial charge in [0.1, 0.15) is 0 Å². The molecule has 0 aromatic carbocycles. The molecule has 0 radical (unpaired) electrons. The fourth-order valence-electron chi connectivity index (χ4n) is 1.59. The average molecular weight is 206 g/mol. The third kappa shape index (κ3) is 1.48. The molecule has 5 heteroatoms. The molecule has 0 aliphatic heterocycles. The Balaban J connectivity index is 1.90. The molecular weight excluding hydrogens is 196 g/mol. The number of Topliss-reactive ketones (excluding diaryl/α,β-unsaturated/α-hetero) is 2. The Hall–Kier alpha value is -1.52. The smallest absolute Gasteiger partial charge is 0.190 e. The van der Waals surface area contributed by atoms with Crippen molar-refractivity contribution >= 4 is 11.6 Å². The van der Waals surface area contributed by atoms with Crippen molar-refractivity contribution in [1.82, 2.24) is 10.3 Å². The summed E-state index contributed by atoms with van der Waals surface area (Å²) in [7, 11) is 0. The first kappa shape index (κ1) is 8.76. The average Bonchev–Trinajstić information content (AvgIpc) is 3.11. The summed E-state index contributed by atoms with van der Waals surface area (Å²) < 4.78 is 4.50. The summed E-state index contributed by atoms with van der Waals surface area (Å²) in [6.07, 6.45) is 3.57. The zero-order valence-electron chi connectivity index (χ0n) is 8.10. The van der Waals surface area contributed by atoms with Gasteiger partial charge in [0, 0.05) is 11.8 Å². The van der Waals surface area contributed by atoms with Gasteiger partial charge in [0.15, 0.2) is 23.0 Å². The number of hydrogen-bond donors (Lipinski definition) is 0. The minimum atomic E-state index is -0.0831. The molecule has 1 aromatic rings. The van der Waals surface area contributed by atoms with Gasteiger partial charge in [0.05, 0.1) is 0 Å². The predicted octanol–water partition coefficient (Wildman–Crippen LogP) is 1.25. The van der Waals surface area contributed by atoms with Gasteiger partial charge in [-0.3, -0.25) is 9.59 Å². The van der Waals surface area contributed by atoms with Crippen molar-refractivity contribution in [3.8, 4) is 0 Å². The number of carbonyl (C=O) groups is 2. The van der Waals surface area contributed by atoms with Gasteiger partial charge in [0.2, 0.25) is 0 Å². The lowest BCUT2D eigenvalue weighted by Crippen LogP contribution is -2.11. The predicted molar refractivity (Wildman–Crippen MR) is 48.4 cm³/mol. The molecule has 2 fully saturated rings. The lowest BCUT2D eigenvalue weighted by Gasteiger charge is -1.94. The van der Waals surface area contributed by atoms with Crippen LogP contribution in [0.3, 0.4) is 0 Å². The molecule has 0 amide bonds. The van der Waals surface area contributed by atoms with Gasteiger partial charge in [-0.2, -0.15) is 0 Å². The van der Waals surface area contributed by atoms with Crippen LogP contribution in [-0.4, -0.2) is 21.9 Å². The van der Waals surface area contributed by atoms with Crippen LogP contribution in [0.2, 0.25) is 0 Å². The van der Waals surface area contributed by atoms with E-state index in [-0.39, 0.29) is 34.8 Å². The molecule has 1 aromatic heterocycles. The highest BCUT2D eigenvalue weighted by molar-refractivity contribution is 6.08. The summed E-state index contributed by atoms with van der Waals surface area (Å²) in [5.41, 5.74) is 0.295. The Morgan fingerprint density at radius 2 is 1.33 bits per heavy atom. The molecule has 0 N–H and O–H groups in total. The van der Waals surface area contributed by atoms with Crippen LogP contribution < -0.4 is 0 Å². The molecule has 1 heterocycles. The molecule has 2 aliphatic carbocycles. The largest absolute Gasteiger partial charge is 0.292 e. The van der Waals surface area contributed by atoms with Crippen LogP contribution >= 0.6 is 0 Å². The van der Waals surface area contributed by atoms with Gasteiger partial charge in [-0.1, -0.05) is 0 Å². The zero-order chi connectivity index (χ0) is 10.4. The van der Waals surface area contributed by atoms with Crippen LogP contribution in [0.1, 0.15) is 46.7 Å². The summed E-state index contributed by atoms with van der Waals surface area (Å²) in [5, 5.41) is 7.10. The molecule has 3 rings (SSSR count). The Bertz CT molecular complexity index is 391. The molecule has 0 saturated heterocycles. The monoisotopic (exact) mass is 206 g/mol. The molecule has 0 bridgehead atoms. The first-order valence-electron chi connectivity index (χ1n) is 5.18. The van der Waals surface area contributed by atoms with Crippen LogP contribution in [0.15, 0.2) is 4.63 Å². The quantitative estimate of drug-likeness (QED) is 0.693. The SMILES string of the molecule is O=C(c1nonc1C(=O)C1CC1)C1CC1. The van der Waals surface area contributed by atoms with Crippen LogP contribution in [0, 0.1) is 11.8 Å². The van der Waals surface area contributed by atoms with Crippen LogP contribution in [0.25, 0.3) is 0 Å². The van der Waals surface area contributed by atoms with Crippen molar-refractivity contribution in [2.75, 3.05) is 0 Å². The molecular formula is C10H10N2O3. The van der Waals surface area contributed by atoms with E-state index in [1.807, 2.05) is 0 Å². The Morgan fingerprint density at radius 3 is 1.67 bits per heavy atom. The number of nitrogens with zero attached hydrogens (tertiary/aromatic N) is 2. The van der Waals surface area contributed by atoms with Gasteiger partial charge in [-0.25, -0.2) is 4.63 Å². The zero-order valence-corrected chi connectivity index (χ0v) is 8.10. The summed E-state index contributed by atoms with van der Waals surface area (Å²) in [6, 6.07) is 0. The topological polar surface area (TPSA) is 73.1 Å². The summed E-state index contributed by atoms with van der Waals surface area (Å²) >= 11 is 0. The van der Waals surface area contributed by atoms with Crippen molar-refractivity contribution in [3.63, 3.8) is 0 Å². The van der Waals surface area contributed by atoms with E-state index >= 15 is 0 Å². The van der Waals surface area contributed by atoms with E-state index in [0.717, 1.165) is 25.7 Å². The molecule has 2 saturated carbocycles. The minimum absolute atomic E-state index is 0.0441. The van der Waals surface area contributed by atoms with Crippen molar-refractivity contribution < 1.29 is 14.2 Å². The summed E-state index contributed by atoms with van der Waals surface area (Å²) in [5.74, 6) is -0.0780. The Kier molecular flexibility index (Phi) is 1.74. The van der Waals surface area contributed by atoms with E-state index in [1.165, 1.54) is 0 Å². The van der Waals surface area contributed by atoms with E-state index in [0.29, 0.717) is 0 Å². The third-order valence-corrected chi connectivity index (χ3v) is 2.85. The lowest BCUT2D eigenvalue weighted by atomic mass is 10.1. The normalized spacial score (nSPS) is 20.3.